The van der Waals surface area contributed by atoms with Crippen LogP contribution in [-0.2, 0) is 6.54 Å². The van der Waals surface area contributed by atoms with Gasteiger partial charge in [-0.15, -0.1) is 6.58 Å². The van der Waals surface area contributed by atoms with E-state index in [0.29, 0.717) is 31.0 Å². The molecule has 1 amide bonds. The van der Waals surface area contributed by atoms with Crippen molar-refractivity contribution in [3.8, 4) is 5.69 Å². The monoisotopic (exact) mass is 284 g/mol. The molecule has 3 rings (SSSR count). The lowest BCUT2D eigenvalue weighted by atomic mass is 10.2. The Kier molecular flexibility index (Phi) is 3.21. The van der Waals surface area contributed by atoms with Gasteiger partial charge in [0.25, 0.3) is 11.5 Å². The minimum atomic E-state index is -0.170. The summed E-state index contributed by atoms with van der Waals surface area (Å²) in [6.45, 7) is 7.02. The summed E-state index contributed by atoms with van der Waals surface area (Å²) in [5, 5.41) is 0. The molecular weight excluding hydrogens is 268 g/mol. The van der Waals surface area contributed by atoms with Gasteiger partial charge in [0.05, 0.1) is 12.0 Å². The number of rotatable bonds is 3. The highest BCUT2D eigenvalue weighted by molar-refractivity contribution is 5.93. The fourth-order valence-corrected chi connectivity index (χ4v) is 2.54. The third kappa shape index (κ3) is 2.18. The molecule has 1 aliphatic heterocycles. The number of fused-ring (bicyclic) bond motifs is 1. The highest BCUT2D eigenvalue weighted by Crippen LogP contribution is 2.13. The maximum absolute atomic E-state index is 12.6. The van der Waals surface area contributed by atoms with E-state index in [-0.39, 0.29) is 11.5 Å². The van der Waals surface area contributed by atoms with Crippen LogP contribution in [0.5, 0.6) is 0 Å². The van der Waals surface area contributed by atoms with Gasteiger partial charge in [0.15, 0.2) is 0 Å². The van der Waals surface area contributed by atoms with Crippen molar-refractivity contribution in [3.63, 3.8) is 0 Å². The van der Waals surface area contributed by atoms with Gasteiger partial charge in [0, 0.05) is 25.8 Å². The van der Waals surface area contributed by atoms with E-state index in [1.54, 1.807) is 40.2 Å². The molecule has 0 aliphatic carbocycles. The van der Waals surface area contributed by atoms with Crippen LogP contribution in [0.2, 0.25) is 0 Å². The van der Waals surface area contributed by atoms with Gasteiger partial charge in [-0.1, -0.05) is 6.08 Å². The summed E-state index contributed by atoms with van der Waals surface area (Å²) < 4.78 is 3.22. The number of aromatic nitrogens is 3. The number of nitrogens with zero attached hydrogens (tertiary/aromatic N) is 4. The van der Waals surface area contributed by atoms with Crippen molar-refractivity contribution in [2.45, 2.75) is 13.5 Å². The summed E-state index contributed by atoms with van der Waals surface area (Å²) in [7, 11) is 0. The van der Waals surface area contributed by atoms with Crippen LogP contribution in [0, 0.1) is 6.92 Å². The normalized spacial score (nSPS) is 14.1. The minimum absolute atomic E-state index is 0.133. The van der Waals surface area contributed by atoms with Gasteiger partial charge < -0.3 is 14.0 Å². The van der Waals surface area contributed by atoms with Crippen molar-refractivity contribution in [3.05, 3.63) is 59.1 Å². The van der Waals surface area contributed by atoms with Crippen molar-refractivity contribution in [2.75, 3.05) is 13.1 Å². The zero-order valence-corrected chi connectivity index (χ0v) is 11.8. The average molecular weight is 284 g/mol. The van der Waals surface area contributed by atoms with Crippen molar-refractivity contribution < 1.29 is 4.79 Å². The van der Waals surface area contributed by atoms with Crippen LogP contribution in [0.3, 0.4) is 0 Å². The Balaban J connectivity index is 2.06. The Hall–Kier alpha value is -2.63. The molecule has 21 heavy (non-hydrogen) atoms. The molecule has 6 nitrogen and oxygen atoms in total. The molecular formula is C15H16N4O2. The topological polar surface area (TPSA) is 60.1 Å². The Bertz CT molecular complexity index is 772. The first-order valence-electron chi connectivity index (χ1n) is 6.77. The maximum atomic E-state index is 12.6. The number of hydrogen-bond acceptors (Lipinski definition) is 3. The summed E-state index contributed by atoms with van der Waals surface area (Å²) in [6, 6.07) is 3.37. The van der Waals surface area contributed by atoms with Gasteiger partial charge in [0.1, 0.15) is 11.4 Å². The van der Waals surface area contributed by atoms with Crippen molar-refractivity contribution in [2.24, 2.45) is 0 Å². The zero-order valence-electron chi connectivity index (χ0n) is 11.8. The van der Waals surface area contributed by atoms with E-state index in [1.807, 2.05) is 6.92 Å². The number of carbonyl (C=O) groups excluding carboxylic acids is 1. The molecule has 0 saturated carbocycles. The van der Waals surface area contributed by atoms with Crippen LogP contribution in [0.1, 0.15) is 16.2 Å². The van der Waals surface area contributed by atoms with E-state index >= 15 is 0 Å². The largest absolute Gasteiger partial charge is 0.332 e. The summed E-state index contributed by atoms with van der Waals surface area (Å²) in [5.41, 5.74) is 1.60. The molecule has 0 unspecified atom stereocenters. The summed E-state index contributed by atoms with van der Waals surface area (Å²) in [6.07, 6.45) is 5.08. The smallest absolute Gasteiger partial charge is 0.275 e. The molecule has 0 spiro atoms. The summed E-state index contributed by atoms with van der Waals surface area (Å²) in [5.74, 6) is -0.133. The summed E-state index contributed by atoms with van der Waals surface area (Å²) >= 11 is 0. The third-order valence-corrected chi connectivity index (χ3v) is 3.59. The number of imidazole rings is 1. The zero-order chi connectivity index (χ0) is 15.0. The number of hydrogen-bond donors (Lipinski definition) is 0. The second-order valence-corrected chi connectivity index (χ2v) is 5.02. The van der Waals surface area contributed by atoms with Crippen LogP contribution < -0.4 is 5.56 Å². The fourth-order valence-electron chi connectivity index (χ4n) is 2.54. The Morgan fingerprint density at radius 3 is 2.81 bits per heavy atom. The molecule has 0 radical (unpaired) electrons. The highest BCUT2D eigenvalue weighted by Gasteiger charge is 2.25. The molecule has 108 valence electrons. The Morgan fingerprint density at radius 1 is 1.33 bits per heavy atom. The van der Waals surface area contributed by atoms with E-state index in [2.05, 4.69) is 11.6 Å². The average Bonchev–Trinajstić information content (AvgIpc) is 2.89. The molecule has 2 aromatic rings. The summed E-state index contributed by atoms with van der Waals surface area (Å²) in [4.78, 5) is 30.7. The van der Waals surface area contributed by atoms with E-state index in [0.717, 1.165) is 5.69 Å². The van der Waals surface area contributed by atoms with Crippen LogP contribution in [0.15, 0.2) is 42.1 Å². The number of pyridine rings is 1. The molecule has 0 saturated heterocycles. The third-order valence-electron chi connectivity index (χ3n) is 3.59. The van der Waals surface area contributed by atoms with Crippen molar-refractivity contribution in [1.29, 1.82) is 0 Å². The second kappa shape index (κ2) is 5.05. The molecule has 0 atom stereocenters. The molecule has 0 N–H and O–H groups in total. The Labute approximate surface area is 121 Å². The second-order valence-electron chi connectivity index (χ2n) is 5.02. The Morgan fingerprint density at radius 2 is 2.14 bits per heavy atom. The van der Waals surface area contributed by atoms with Gasteiger partial charge in [-0.3, -0.25) is 9.59 Å². The molecule has 0 fully saturated rings. The van der Waals surface area contributed by atoms with Crippen LogP contribution >= 0.6 is 0 Å². The standard InChI is InChI=1S/C15H16N4O2/c1-3-6-17-7-8-19-13(14(17)20)5-4-12(15(19)21)18-9-11(2)16-10-18/h3-5,9-10H,1,6-8H2,2H3. The molecule has 1 aliphatic rings. The molecule has 6 heteroatoms. The quantitative estimate of drug-likeness (QED) is 0.790. The van der Waals surface area contributed by atoms with Gasteiger partial charge in [-0.25, -0.2) is 4.98 Å². The molecule has 2 aromatic heterocycles. The van der Waals surface area contributed by atoms with E-state index in [4.69, 9.17) is 0 Å². The molecule has 0 bridgehead atoms. The SMILES string of the molecule is C=CCN1CCn2c(ccc(-n3cnc(C)c3)c2=O)C1=O. The van der Waals surface area contributed by atoms with Gasteiger partial charge in [0.2, 0.25) is 0 Å². The minimum Gasteiger partial charge on any atom is -0.332 e. The first kappa shape index (κ1) is 13.4. The number of aryl methyl sites for hydroxylation is 1. The van der Waals surface area contributed by atoms with E-state index in [1.165, 1.54) is 4.57 Å². The van der Waals surface area contributed by atoms with E-state index < -0.39 is 0 Å². The predicted molar refractivity (Wildman–Crippen MR) is 78.7 cm³/mol. The fraction of sp³-hybridized carbons (Fsp3) is 0.267. The van der Waals surface area contributed by atoms with Gasteiger partial charge >= 0.3 is 0 Å². The lowest BCUT2D eigenvalue weighted by Crippen LogP contribution is -2.44. The first-order chi connectivity index (χ1) is 10.1. The lowest BCUT2D eigenvalue weighted by molar-refractivity contribution is 0.0721. The van der Waals surface area contributed by atoms with Crippen molar-refractivity contribution >= 4 is 5.91 Å². The van der Waals surface area contributed by atoms with Crippen LogP contribution in [0.25, 0.3) is 5.69 Å². The van der Waals surface area contributed by atoms with Gasteiger partial charge in [-0.05, 0) is 19.1 Å². The van der Waals surface area contributed by atoms with Crippen LogP contribution in [0.4, 0.5) is 0 Å². The maximum Gasteiger partial charge on any atom is 0.275 e. The predicted octanol–water partition coefficient (Wildman–Crippen LogP) is 0.984. The molecule has 0 aromatic carbocycles. The van der Waals surface area contributed by atoms with Crippen LogP contribution in [-0.4, -0.2) is 38.0 Å². The van der Waals surface area contributed by atoms with Crippen molar-refractivity contribution in [1.82, 2.24) is 19.0 Å². The molecule has 3 heterocycles. The highest BCUT2D eigenvalue weighted by atomic mass is 16.2. The van der Waals surface area contributed by atoms with Gasteiger partial charge in [-0.2, -0.15) is 0 Å². The first-order valence-corrected chi connectivity index (χ1v) is 6.77. The lowest BCUT2D eigenvalue weighted by Gasteiger charge is -2.28. The number of carbonyl (C=O) groups is 1. The van der Waals surface area contributed by atoms with E-state index in [9.17, 15) is 9.59 Å². The number of amides is 1.